The molecule has 2 aromatic carbocycles. The third-order valence-electron chi connectivity index (χ3n) is 5.39. The first-order valence-electron chi connectivity index (χ1n) is 10.1. The van der Waals surface area contributed by atoms with Crippen LogP contribution in [-0.2, 0) is 6.42 Å². The quantitative estimate of drug-likeness (QED) is 0.338. The van der Waals surface area contributed by atoms with Crippen molar-refractivity contribution < 1.29 is 29.6 Å². The van der Waals surface area contributed by atoms with Crippen molar-refractivity contribution in [1.29, 1.82) is 0 Å². The highest BCUT2D eigenvalue weighted by Crippen LogP contribution is 2.45. The van der Waals surface area contributed by atoms with Crippen molar-refractivity contribution in [2.45, 2.75) is 39.7 Å². The van der Waals surface area contributed by atoms with Gasteiger partial charge in [-0.25, -0.2) is 0 Å². The van der Waals surface area contributed by atoms with E-state index >= 15 is 0 Å². The number of rotatable bonds is 3. The highest BCUT2D eigenvalue weighted by atomic mass is 16.5. The van der Waals surface area contributed by atoms with Gasteiger partial charge in [-0.05, 0) is 64.0 Å². The second-order valence-electron chi connectivity index (χ2n) is 8.64. The predicted octanol–water partition coefficient (Wildman–Crippen LogP) is 4.98. The molecule has 32 heavy (non-hydrogen) atoms. The summed E-state index contributed by atoms with van der Waals surface area (Å²) in [6.45, 7) is 7.65. The van der Waals surface area contributed by atoms with Crippen LogP contribution in [0.2, 0.25) is 0 Å². The number of fused-ring (bicyclic) bond motifs is 3. The summed E-state index contributed by atoms with van der Waals surface area (Å²) >= 11 is 0. The molecule has 0 saturated carbocycles. The molecule has 1 aliphatic heterocycles. The molecule has 3 aromatic rings. The Kier molecular flexibility index (Phi) is 4.92. The topological polar surface area (TPSA) is 120 Å². The highest BCUT2D eigenvalue weighted by molar-refractivity contribution is 5.97. The van der Waals surface area contributed by atoms with Gasteiger partial charge in [0.1, 0.15) is 28.7 Å². The molecule has 0 atom stereocenters. The van der Waals surface area contributed by atoms with E-state index in [1.165, 1.54) is 6.26 Å². The SMILES string of the molecule is CC(C)=CCc1c2c(c3occ(-c4cc(O)c(O)c(O)c4)c(=O)c3c1O)C=CC(C)(C)O2. The third-order valence-corrected chi connectivity index (χ3v) is 5.39. The second kappa shape index (κ2) is 7.37. The van der Waals surface area contributed by atoms with Gasteiger partial charge in [-0.1, -0.05) is 11.6 Å². The first-order chi connectivity index (χ1) is 15.0. The number of phenolic OH excluding ortho intramolecular Hbond substituents is 4. The molecule has 0 unspecified atom stereocenters. The predicted molar refractivity (Wildman–Crippen MR) is 121 cm³/mol. The van der Waals surface area contributed by atoms with Crippen LogP contribution in [0.25, 0.3) is 28.2 Å². The number of benzene rings is 2. The number of phenols is 4. The molecule has 0 aliphatic carbocycles. The van der Waals surface area contributed by atoms with Crippen LogP contribution in [-0.4, -0.2) is 26.0 Å². The van der Waals surface area contributed by atoms with Crippen molar-refractivity contribution in [3.05, 3.63) is 57.5 Å². The summed E-state index contributed by atoms with van der Waals surface area (Å²) in [6, 6.07) is 2.27. The van der Waals surface area contributed by atoms with E-state index in [0.29, 0.717) is 23.3 Å². The molecular weight excluding hydrogens is 412 g/mol. The van der Waals surface area contributed by atoms with Gasteiger partial charge in [-0.15, -0.1) is 0 Å². The molecule has 1 aromatic heterocycles. The van der Waals surface area contributed by atoms with Crippen LogP contribution in [0.1, 0.15) is 38.8 Å². The van der Waals surface area contributed by atoms with Crippen LogP contribution in [0.15, 0.2) is 45.3 Å². The largest absolute Gasteiger partial charge is 0.507 e. The van der Waals surface area contributed by atoms with Crippen molar-refractivity contribution in [3.63, 3.8) is 0 Å². The molecule has 0 radical (unpaired) electrons. The first-order valence-corrected chi connectivity index (χ1v) is 10.1. The number of allylic oxidation sites excluding steroid dienone is 2. The minimum absolute atomic E-state index is 0.00699. The lowest BCUT2D eigenvalue weighted by atomic mass is 9.93. The zero-order valence-corrected chi connectivity index (χ0v) is 18.2. The molecular formula is C25H24O7. The normalized spacial score (nSPS) is 14.1. The Morgan fingerprint density at radius 1 is 1.06 bits per heavy atom. The fourth-order valence-corrected chi connectivity index (χ4v) is 3.71. The molecule has 0 fully saturated rings. The van der Waals surface area contributed by atoms with E-state index in [9.17, 15) is 25.2 Å². The lowest BCUT2D eigenvalue weighted by Gasteiger charge is -2.30. The van der Waals surface area contributed by atoms with Crippen molar-refractivity contribution in [3.8, 4) is 39.9 Å². The van der Waals surface area contributed by atoms with E-state index in [1.807, 2.05) is 45.9 Å². The van der Waals surface area contributed by atoms with Gasteiger partial charge in [-0.2, -0.15) is 0 Å². The first kappa shape index (κ1) is 21.4. The van der Waals surface area contributed by atoms with E-state index < -0.39 is 28.3 Å². The van der Waals surface area contributed by atoms with Crippen molar-refractivity contribution in [2.75, 3.05) is 0 Å². The van der Waals surface area contributed by atoms with Gasteiger partial charge >= 0.3 is 0 Å². The van der Waals surface area contributed by atoms with E-state index in [0.717, 1.165) is 17.7 Å². The Bertz CT molecular complexity index is 1350. The highest BCUT2D eigenvalue weighted by Gasteiger charge is 2.30. The van der Waals surface area contributed by atoms with E-state index in [2.05, 4.69) is 0 Å². The van der Waals surface area contributed by atoms with Gasteiger partial charge in [0.15, 0.2) is 22.8 Å². The fraction of sp³-hybridized carbons (Fsp3) is 0.240. The Morgan fingerprint density at radius 3 is 2.34 bits per heavy atom. The van der Waals surface area contributed by atoms with Gasteiger partial charge < -0.3 is 29.6 Å². The maximum atomic E-state index is 13.4. The summed E-state index contributed by atoms with van der Waals surface area (Å²) in [5.41, 5.74) is 1.21. The minimum Gasteiger partial charge on any atom is -0.507 e. The lowest BCUT2D eigenvalue weighted by Crippen LogP contribution is -2.28. The summed E-state index contributed by atoms with van der Waals surface area (Å²) in [4.78, 5) is 13.4. The molecule has 1 aliphatic rings. The Balaban J connectivity index is 2.06. The second-order valence-corrected chi connectivity index (χ2v) is 8.64. The number of aromatic hydroxyl groups is 4. The average Bonchev–Trinajstić information content (AvgIpc) is 2.70. The standard InChI is InChI=1S/C25H24O7/c1-12(2)5-6-14-20(28)19-21(29)16(13-9-17(26)22(30)18(27)10-13)11-31-24(19)15-7-8-25(3,4)32-23(14)15/h5,7-11,26-28,30H,6H2,1-4H3. The summed E-state index contributed by atoms with van der Waals surface area (Å²) in [7, 11) is 0. The third kappa shape index (κ3) is 3.45. The van der Waals surface area contributed by atoms with Gasteiger partial charge in [0.05, 0.1) is 11.1 Å². The van der Waals surface area contributed by atoms with Gasteiger partial charge in [0.2, 0.25) is 5.43 Å². The van der Waals surface area contributed by atoms with Crippen LogP contribution in [0.3, 0.4) is 0 Å². The molecule has 0 bridgehead atoms. The molecule has 2 heterocycles. The Hall–Kier alpha value is -3.87. The van der Waals surface area contributed by atoms with Crippen LogP contribution >= 0.6 is 0 Å². The molecule has 4 N–H and O–H groups in total. The minimum atomic E-state index is -0.690. The Labute approximate surface area is 184 Å². The molecule has 4 rings (SSSR count). The Morgan fingerprint density at radius 2 is 1.72 bits per heavy atom. The van der Waals surface area contributed by atoms with Crippen molar-refractivity contribution >= 4 is 17.0 Å². The molecule has 7 nitrogen and oxygen atoms in total. The fourth-order valence-electron chi connectivity index (χ4n) is 3.71. The molecule has 166 valence electrons. The van der Waals surface area contributed by atoms with Crippen LogP contribution < -0.4 is 10.2 Å². The zero-order chi connectivity index (χ0) is 23.4. The van der Waals surface area contributed by atoms with E-state index in [1.54, 1.807) is 0 Å². The van der Waals surface area contributed by atoms with Crippen molar-refractivity contribution in [2.24, 2.45) is 0 Å². The summed E-state index contributed by atoms with van der Waals surface area (Å²) in [5.74, 6) is -1.65. The van der Waals surface area contributed by atoms with Gasteiger partial charge in [0.25, 0.3) is 0 Å². The average molecular weight is 436 g/mol. The summed E-state index contributed by atoms with van der Waals surface area (Å²) in [5, 5.41) is 40.4. The smallest absolute Gasteiger partial charge is 0.204 e. The maximum Gasteiger partial charge on any atom is 0.204 e. The summed E-state index contributed by atoms with van der Waals surface area (Å²) < 4.78 is 11.9. The van der Waals surface area contributed by atoms with E-state index in [4.69, 9.17) is 9.15 Å². The van der Waals surface area contributed by atoms with Crippen LogP contribution in [0.5, 0.6) is 28.7 Å². The van der Waals surface area contributed by atoms with Gasteiger partial charge in [0, 0.05) is 5.56 Å². The number of ether oxygens (including phenoxy) is 1. The lowest BCUT2D eigenvalue weighted by molar-refractivity contribution is 0.157. The van der Waals surface area contributed by atoms with Crippen LogP contribution in [0.4, 0.5) is 0 Å². The van der Waals surface area contributed by atoms with Gasteiger partial charge in [-0.3, -0.25) is 4.79 Å². The van der Waals surface area contributed by atoms with Crippen molar-refractivity contribution in [1.82, 2.24) is 0 Å². The number of hydrogen-bond donors (Lipinski definition) is 4. The monoisotopic (exact) mass is 436 g/mol. The van der Waals surface area contributed by atoms with Crippen LogP contribution in [0, 0.1) is 0 Å². The molecule has 0 saturated heterocycles. The molecule has 0 amide bonds. The summed E-state index contributed by atoms with van der Waals surface area (Å²) in [6.07, 6.45) is 7.13. The molecule has 7 heteroatoms. The zero-order valence-electron chi connectivity index (χ0n) is 18.2. The maximum absolute atomic E-state index is 13.4. The molecule has 0 spiro atoms. The van der Waals surface area contributed by atoms with E-state index in [-0.39, 0.29) is 27.8 Å². The number of hydrogen-bond acceptors (Lipinski definition) is 7.